The van der Waals surface area contributed by atoms with Crippen molar-refractivity contribution in [2.24, 2.45) is 17.8 Å². The summed E-state index contributed by atoms with van der Waals surface area (Å²) >= 11 is 1.45. The molecule has 0 aromatic heterocycles. The van der Waals surface area contributed by atoms with Crippen molar-refractivity contribution in [3.8, 4) is 0 Å². The van der Waals surface area contributed by atoms with Gasteiger partial charge < -0.3 is 5.32 Å². The van der Waals surface area contributed by atoms with Crippen molar-refractivity contribution in [2.45, 2.75) is 56.2 Å². The summed E-state index contributed by atoms with van der Waals surface area (Å²) in [5.41, 5.74) is -0.0261. The van der Waals surface area contributed by atoms with Crippen molar-refractivity contribution in [3.05, 3.63) is 0 Å². The van der Waals surface area contributed by atoms with Crippen molar-refractivity contribution < 1.29 is 9.59 Å². The molecule has 4 saturated carbocycles. The van der Waals surface area contributed by atoms with Crippen molar-refractivity contribution in [2.75, 3.05) is 6.26 Å². The van der Waals surface area contributed by atoms with Gasteiger partial charge in [0, 0.05) is 5.54 Å². The fourth-order valence-corrected chi connectivity index (χ4v) is 5.13. The third-order valence-electron chi connectivity index (χ3n) is 5.38. The summed E-state index contributed by atoms with van der Waals surface area (Å²) in [6, 6.07) is -0.294. The largest absolute Gasteiger partial charge is 0.332 e. The maximum absolute atomic E-state index is 12.1. The highest BCUT2D eigenvalue weighted by Crippen LogP contribution is 2.55. The highest BCUT2D eigenvalue weighted by molar-refractivity contribution is 7.99. The first-order valence-electron chi connectivity index (χ1n) is 7.65. The molecule has 4 aliphatic rings. The molecule has 4 bridgehead atoms. The van der Waals surface area contributed by atoms with Crippen LogP contribution in [0.2, 0.25) is 0 Å². The van der Waals surface area contributed by atoms with Gasteiger partial charge >= 0.3 is 6.03 Å². The van der Waals surface area contributed by atoms with E-state index in [-0.39, 0.29) is 22.7 Å². The summed E-state index contributed by atoms with van der Waals surface area (Å²) in [7, 11) is 0. The second-order valence-corrected chi connectivity index (χ2v) is 8.20. The molecule has 4 nitrogen and oxygen atoms in total. The van der Waals surface area contributed by atoms with Gasteiger partial charge in [-0.05, 0) is 69.5 Å². The molecule has 1 unspecified atom stereocenters. The molecule has 5 heteroatoms. The zero-order valence-electron chi connectivity index (χ0n) is 12.3. The molecule has 4 rings (SSSR count). The molecule has 3 amide bonds. The summed E-state index contributed by atoms with van der Waals surface area (Å²) in [6.45, 7) is 1.82. The minimum Gasteiger partial charge on any atom is -0.332 e. The lowest BCUT2D eigenvalue weighted by molar-refractivity contribution is -0.119. The number of carbonyl (C=O) groups is 2. The summed E-state index contributed by atoms with van der Waals surface area (Å²) in [6.07, 6.45) is 9.26. The predicted octanol–water partition coefficient (Wildman–Crippen LogP) is 2.53. The number of imide groups is 1. The van der Waals surface area contributed by atoms with Gasteiger partial charge in [0.25, 0.3) is 0 Å². The highest BCUT2D eigenvalue weighted by Gasteiger charge is 2.51. The Morgan fingerprint density at radius 3 is 2.05 bits per heavy atom. The van der Waals surface area contributed by atoms with Gasteiger partial charge in [-0.1, -0.05) is 0 Å². The molecule has 112 valence electrons. The number of amides is 3. The maximum Gasteiger partial charge on any atom is 0.321 e. The Morgan fingerprint density at radius 2 is 1.60 bits per heavy atom. The summed E-state index contributed by atoms with van der Waals surface area (Å²) < 4.78 is 0. The molecule has 0 spiro atoms. The third kappa shape index (κ3) is 2.69. The van der Waals surface area contributed by atoms with Crippen LogP contribution in [0.1, 0.15) is 45.4 Å². The minimum absolute atomic E-state index is 0.0261. The van der Waals surface area contributed by atoms with E-state index < -0.39 is 0 Å². The first-order valence-corrected chi connectivity index (χ1v) is 8.94. The van der Waals surface area contributed by atoms with E-state index in [2.05, 4.69) is 10.6 Å². The Balaban J connectivity index is 1.60. The van der Waals surface area contributed by atoms with E-state index in [0.29, 0.717) is 0 Å². The van der Waals surface area contributed by atoms with Gasteiger partial charge in [-0.2, -0.15) is 11.8 Å². The van der Waals surface area contributed by atoms with Crippen LogP contribution in [-0.2, 0) is 4.79 Å². The number of urea groups is 1. The molecule has 2 N–H and O–H groups in total. The average molecular weight is 296 g/mol. The standard InChI is InChI=1S/C15H24N2O2S/c1-9(20-2)13(18)16-14(19)17-15-6-10-3-11(7-15)5-12(4-10)8-15/h9-12H,3-8H2,1-2H3,(H2,16,17,18,19). The molecule has 0 heterocycles. The first-order chi connectivity index (χ1) is 9.49. The second-order valence-electron chi connectivity index (χ2n) is 7.02. The van der Waals surface area contributed by atoms with E-state index in [1.165, 1.54) is 31.0 Å². The molecule has 20 heavy (non-hydrogen) atoms. The zero-order valence-corrected chi connectivity index (χ0v) is 13.1. The van der Waals surface area contributed by atoms with Crippen LogP contribution in [0, 0.1) is 17.8 Å². The van der Waals surface area contributed by atoms with Crippen LogP contribution in [0.3, 0.4) is 0 Å². The fourth-order valence-electron chi connectivity index (χ4n) is 4.86. The van der Waals surface area contributed by atoms with Gasteiger partial charge in [0.2, 0.25) is 5.91 Å². The normalized spacial score (nSPS) is 39.4. The average Bonchev–Trinajstić information content (AvgIpc) is 2.34. The maximum atomic E-state index is 12.1. The fraction of sp³-hybridized carbons (Fsp3) is 0.867. The molecule has 4 aliphatic carbocycles. The lowest BCUT2D eigenvalue weighted by Crippen LogP contribution is -2.62. The molecule has 0 aliphatic heterocycles. The lowest BCUT2D eigenvalue weighted by atomic mass is 9.53. The minimum atomic E-state index is -0.294. The lowest BCUT2D eigenvalue weighted by Gasteiger charge is -2.56. The van der Waals surface area contributed by atoms with Gasteiger partial charge in [-0.15, -0.1) is 0 Å². The quantitative estimate of drug-likeness (QED) is 0.841. The molecule has 0 aromatic rings. The summed E-state index contributed by atoms with van der Waals surface area (Å²) in [4.78, 5) is 23.9. The van der Waals surface area contributed by atoms with Crippen LogP contribution in [0.4, 0.5) is 4.79 Å². The van der Waals surface area contributed by atoms with Gasteiger partial charge in [0.15, 0.2) is 0 Å². The van der Waals surface area contributed by atoms with Crippen LogP contribution < -0.4 is 10.6 Å². The van der Waals surface area contributed by atoms with E-state index in [1.807, 2.05) is 13.2 Å². The summed E-state index contributed by atoms with van der Waals surface area (Å²) in [5, 5.41) is 5.47. The van der Waals surface area contributed by atoms with Crippen LogP contribution in [0.15, 0.2) is 0 Å². The third-order valence-corrected chi connectivity index (χ3v) is 6.30. The van der Waals surface area contributed by atoms with Crippen LogP contribution in [0.5, 0.6) is 0 Å². The molecule has 1 atom stereocenters. The van der Waals surface area contributed by atoms with Crippen molar-refractivity contribution in [3.63, 3.8) is 0 Å². The van der Waals surface area contributed by atoms with E-state index >= 15 is 0 Å². The number of rotatable bonds is 3. The van der Waals surface area contributed by atoms with Crippen LogP contribution in [-0.4, -0.2) is 29.0 Å². The van der Waals surface area contributed by atoms with Crippen LogP contribution in [0.25, 0.3) is 0 Å². The Bertz CT molecular complexity index is 389. The Labute approximate surface area is 124 Å². The summed E-state index contributed by atoms with van der Waals surface area (Å²) in [5.74, 6) is 2.19. The first kappa shape index (κ1) is 14.2. The van der Waals surface area contributed by atoms with E-state index in [9.17, 15) is 9.59 Å². The number of carbonyl (C=O) groups excluding carboxylic acids is 2. The number of hydrogen-bond acceptors (Lipinski definition) is 3. The van der Waals surface area contributed by atoms with E-state index in [1.54, 1.807) is 0 Å². The van der Waals surface area contributed by atoms with Crippen molar-refractivity contribution in [1.29, 1.82) is 0 Å². The molecule has 4 fully saturated rings. The molecule has 0 radical (unpaired) electrons. The Hall–Kier alpha value is -0.710. The number of nitrogens with one attached hydrogen (secondary N) is 2. The molecular formula is C15H24N2O2S. The van der Waals surface area contributed by atoms with E-state index in [4.69, 9.17) is 0 Å². The van der Waals surface area contributed by atoms with Crippen LogP contribution >= 0.6 is 11.8 Å². The second kappa shape index (κ2) is 5.24. The van der Waals surface area contributed by atoms with E-state index in [0.717, 1.165) is 37.0 Å². The van der Waals surface area contributed by atoms with Gasteiger partial charge in [0.05, 0.1) is 5.25 Å². The SMILES string of the molecule is CSC(C)C(=O)NC(=O)NC12CC3CC(CC(C3)C1)C2. The van der Waals surface area contributed by atoms with Gasteiger partial charge in [-0.3, -0.25) is 10.1 Å². The molecular weight excluding hydrogens is 272 g/mol. The van der Waals surface area contributed by atoms with Gasteiger partial charge in [0.1, 0.15) is 0 Å². The topological polar surface area (TPSA) is 58.2 Å². The van der Waals surface area contributed by atoms with Gasteiger partial charge in [-0.25, -0.2) is 4.79 Å². The highest BCUT2D eigenvalue weighted by atomic mass is 32.2. The number of hydrogen-bond donors (Lipinski definition) is 2. The number of thioether (sulfide) groups is 1. The Kier molecular flexibility index (Phi) is 3.73. The predicted molar refractivity (Wildman–Crippen MR) is 80.6 cm³/mol. The monoisotopic (exact) mass is 296 g/mol. The van der Waals surface area contributed by atoms with Crippen molar-refractivity contribution in [1.82, 2.24) is 10.6 Å². The molecule has 0 saturated heterocycles. The molecule has 0 aromatic carbocycles. The Morgan fingerprint density at radius 1 is 1.10 bits per heavy atom. The smallest absolute Gasteiger partial charge is 0.321 e. The van der Waals surface area contributed by atoms with Crippen molar-refractivity contribution >= 4 is 23.7 Å². The zero-order chi connectivity index (χ0) is 14.3.